The lowest BCUT2D eigenvalue weighted by atomic mass is 10.0. The zero-order valence-electron chi connectivity index (χ0n) is 17.3. The van der Waals surface area contributed by atoms with Gasteiger partial charge in [-0.2, -0.15) is 0 Å². The molecule has 0 bridgehead atoms. The highest BCUT2D eigenvalue weighted by atomic mass is 32.2. The number of hydrogen-bond donors (Lipinski definition) is 0. The molecule has 0 aromatic rings. The van der Waals surface area contributed by atoms with Crippen LogP contribution in [0.15, 0.2) is 0 Å². The summed E-state index contributed by atoms with van der Waals surface area (Å²) in [6, 6.07) is 0. The standard InChI is InChI=1S/C21H42O4S/c1-3-4-5-6-7-8-9-10-11-12-13-14-15-16-17-18-21(22)25-19-20-26(2,23)24/h3-20H2,1-2H3. The molecule has 156 valence electrons. The predicted octanol–water partition coefficient (Wildman–Crippen LogP) is 5.84. The zero-order chi connectivity index (χ0) is 19.5. The van der Waals surface area contributed by atoms with Crippen molar-refractivity contribution in [3.8, 4) is 0 Å². The molecule has 0 saturated carbocycles. The van der Waals surface area contributed by atoms with E-state index in [0.29, 0.717) is 6.42 Å². The largest absolute Gasteiger partial charge is 0.465 e. The summed E-state index contributed by atoms with van der Waals surface area (Å²) in [5, 5.41) is 0. The van der Waals surface area contributed by atoms with E-state index in [1.165, 1.54) is 83.5 Å². The van der Waals surface area contributed by atoms with Crippen LogP contribution in [0.1, 0.15) is 110 Å². The predicted molar refractivity (Wildman–Crippen MR) is 110 cm³/mol. The van der Waals surface area contributed by atoms with E-state index in [4.69, 9.17) is 4.74 Å². The Balaban J connectivity index is 3.18. The summed E-state index contributed by atoms with van der Waals surface area (Å²) < 4.78 is 26.8. The normalized spacial score (nSPS) is 11.6. The smallest absolute Gasteiger partial charge is 0.305 e. The van der Waals surface area contributed by atoms with Gasteiger partial charge in [0.05, 0.1) is 5.75 Å². The van der Waals surface area contributed by atoms with Gasteiger partial charge >= 0.3 is 5.97 Å². The second-order valence-electron chi connectivity index (χ2n) is 7.55. The van der Waals surface area contributed by atoms with Crippen LogP contribution in [-0.2, 0) is 19.4 Å². The molecule has 0 unspecified atom stereocenters. The molecule has 0 spiro atoms. The molecule has 0 fully saturated rings. The van der Waals surface area contributed by atoms with Gasteiger partial charge in [-0.25, -0.2) is 8.42 Å². The average Bonchev–Trinajstić information content (AvgIpc) is 2.57. The number of ether oxygens (including phenoxy) is 1. The van der Waals surface area contributed by atoms with Crippen LogP contribution in [0.4, 0.5) is 0 Å². The van der Waals surface area contributed by atoms with Gasteiger partial charge in [0.1, 0.15) is 6.61 Å². The van der Waals surface area contributed by atoms with Crippen molar-refractivity contribution in [3.63, 3.8) is 0 Å². The fourth-order valence-electron chi connectivity index (χ4n) is 3.02. The quantitative estimate of drug-likeness (QED) is 0.205. The molecule has 0 N–H and O–H groups in total. The molecular weight excluding hydrogens is 348 g/mol. The lowest BCUT2D eigenvalue weighted by Crippen LogP contribution is -2.14. The Labute approximate surface area is 162 Å². The summed E-state index contributed by atoms with van der Waals surface area (Å²) in [5.74, 6) is -0.360. The van der Waals surface area contributed by atoms with E-state index in [9.17, 15) is 13.2 Å². The Hall–Kier alpha value is -0.580. The first-order valence-electron chi connectivity index (χ1n) is 10.8. The Morgan fingerprint density at radius 1 is 0.692 bits per heavy atom. The van der Waals surface area contributed by atoms with Crippen molar-refractivity contribution in [1.82, 2.24) is 0 Å². The fraction of sp³-hybridized carbons (Fsp3) is 0.952. The molecule has 0 aliphatic rings. The molecule has 0 aliphatic carbocycles. The summed E-state index contributed by atoms with van der Waals surface area (Å²) in [5.41, 5.74) is 0. The maximum atomic E-state index is 11.4. The lowest BCUT2D eigenvalue weighted by molar-refractivity contribution is -0.143. The molecule has 0 saturated heterocycles. The second-order valence-corrected chi connectivity index (χ2v) is 9.81. The van der Waals surface area contributed by atoms with Gasteiger partial charge in [-0.3, -0.25) is 4.79 Å². The molecule has 0 amide bonds. The fourth-order valence-corrected chi connectivity index (χ4v) is 3.41. The third kappa shape index (κ3) is 21.5. The Kier molecular flexibility index (Phi) is 17.4. The van der Waals surface area contributed by atoms with Gasteiger partial charge in [0.2, 0.25) is 0 Å². The number of rotatable bonds is 19. The number of sulfone groups is 1. The van der Waals surface area contributed by atoms with Gasteiger partial charge in [0.25, 0.3) is 0 Å². The Morgan fingerprint density at radius 2 is 1.08 bits per heavy atom. The van der Waals surface area contributed by atoms with E-state index in [0.717, 1.165) is 19.1 Å². The van der Waals surface area contributed by atoms with Crippen LogP contribution in [0.2, 0.25) is 0 Å². The van der Waals surface area contributed by atoms with E-state index in [-0.39, 0.29) is 18.3 Å². The van der Waals surface area contributed by atoms with Crippen molar-refractivity contribution in [2.75, 3.05) is 18.6 Å². The first-order valence-corrected chi connectivity index (χ1v) is 12.8. The van der Waals surface area contributed by atoms with Gasteiger partial charge in [-0.15, -0.1) is 0 Å². The number of hydrogen-bond acceptors (Lipinski definition) is 4. The van der Waals surface area contributed by atoms with Crippen LogP contribution in [0.25, 0.3) is 0 Å². The van der Waals surface area contributed by atoms with Crippen molar-refractivity contribution in [2.24, 2.45) is 0 Å². The molecule has 0 rings (SSSR count). The molecule has 0 aromatic heterocycles. The molecule has 4 nitrogen and oxygen atoms in total. The molecule has 0 heterocycles. The molecular formula is C21H42O4S. The summed E-state index contributed by atoms with van der Waals surface area (Å²) in [7, 11) is -3.05. The minimum Gasteiger partial charge on any atom is -0.465 e. The first-order chi connectivity index (χ1) is 12.5. The van der Waals surface area contributed by atoms with Crippen molar-refractivity contribution in [2.45, 2.75) is 110 Å². The van der Waals surface area contributed by atoms with Crippen molar-refractivity contribution in [3.05, 3.63) is 0 Å². The third-order valence-corrected chi connectivity index (χ3v) is 5.61. The number of unbranched alkanes of at least 4 members (excludes halogenated alkanes) is 14. The first kappa shape index (κ1) is 25.4. The highest BCUT2D eigenvalue weighted by Gasteiger charge is 2.06. The summed E-state index contributed by atoms with van der Waals surface area (Å²) >= 11 is 0. The van der Waals surface area contributed by atoms with Crippen molar-refractivity contribution < 1.29 is 17.9 Å². The Morgan fingerprint density at radius 3 is 1.46 bits per heavy atom. The summed E-state index contributed by atoms with van der Waals surface area (Å²) in [6.07, 6.45) is 21.0. The summed E-state index contributed by atoms with van der Waals surface area (Å²) in [4.78, 5) is 11.4. The van der Waals surface area contributed by atoms with Gasteiger partial charge in [0, 0.05) is 12.7 Å². The number of carbonyl (C=O) groups excluding carboxylic acids is 1. The number of esters is 1. The third-order valence-electron chi connectivity index (χ3n) is 4.70. The maximum Gasteiger partial charge on any atom is 0.305 e. The van der Waals surface area contributed by atoms with Crippen LogP contribution >= 0.6 is 0 Å². The molecule has 0 aliphatic heterocycles. The van der Waals surface area contributed by atoms with Crippen LogP contribution in [0.3, 0.4) is 0 Å². The molecule has 5 heteroatoms. The number of carbonyl (C=O) groups is 1. The Bertz CT molecular complexity index is 418. The maximum absolute atomic E-state index is 11.4. The SMILES string of the molecule is CCCCCCCCCCCCCCCCCC(=O)OCCS(C)(=O)=O. The van der Waals surface area contributed by atoms with E-state index < -0.39 is 9.84 Å². The van der Waals surface area contributed by atoms with Crippen molar-refractivity contribution in [1.29, 1.82) is 0 Å². The van der Waals surface area contributed by atoms with Gasteiger partial charge in [-0.1, -0.05) is 96.8 Å². The highest BCUT2D eigenvalue weighted by molar-refractivity contribution is 7.90. The van der Waals surface area contributed by atoms with E-state index in [2.05, 4.69) is 6.92 Å². The van der Waals surface area contributed by atoms with E-state index in [1.807, 2.05) is 0 Å². The monoisotopic (exact) mass is 390 g/mol. The molecule has 0 radical (unpaired) electrons. The zero-order valence-corrected chi connectivity index (χ0v) is 18.1. The topological polar surface area (TPSA) is 60.4 Å². The van der Waals surface area contributed by atoms with Crippen LogP contribution in [0, 0.1) is 0 Å². The van der Waals surface area contributed by atoms with E-state index >= 15 is 0 Å². The van der Waals surface area contributed by atoms with E-state index in [1.54, 1.807) is 0 Å². The minimum absolute atomic E-state index is 0.0175. The van der Waals surface area contributed by atoms with Gasteiger partial charge in [-0.05, 0) is 6.42 Å². The lowest BCUT2D eigenvalue weighted by Gasteiger charge is -2.05. The van der Waals surface area contributed by atoms with Crippen LogP contribution in [0.5, 0.6) is 0 Å². The highest BCUT2D eigenvalue weighted by Crippen LogP contribution is 2.13. The van der Waals surface area contributed by atoms with Crippen molar-refractivity contribution >= 4 is 15.8 Å². The molecule has 0 aromatic carbocycles. The summed E-state index contributed by atoms with van der Waals surface area (Å²) in [6.45, 7) is 2.25. The minimum atomic E-state index is -3.05. The molecule has 0 atom stereocenters. The molecule has 26 heavy (non-hydrogen) atoms. The second kappa shape index (κ2) is 17.8. The van der Waals surface area contributed by atoms with Gasteiger partial charge in [0.15, 0.2) is 9.84 Å². The van der Waals surface area contributed by atoms with Crippen LogP contribution < -0.4 is 0 Å². The average molecular weight is 391 g/mol. The van der Waals surface area contributed by atoms with Gasteiger partial charge < -0.3 is 4.74 Å². The van der Waals surface area contributed by atoms with Crippen LogP contribution in [-0.4, -0.2) is 33.0 Å².